The zero-order valence-corrected chi connectivity index (χ0v) is 13.6. The average molecular weight is 302 g/mol. The first-order valence-electron chi connectivity index (χ1n) is 7.14. The summed E-state index contributed by atoms with van der Waals surface area (Å²) in [6.07, 6.45) is 1.24. The predicted octanol–water partition coefficient (Wildman–Crippen LogP) is 3.79. The second-order valence-electron chi connectivity index (χ2n) is 5.37. The van der Waals surface area contributed by atoms with Crippen LogP contribution in [-0.4, -0.2) is 17.9 Å². The third kappa shape index (κ3) is 4.08. The number of nitrogens with two attached hydrogens (primary N) is 1. The fraction of sp³-hybridized carbons (Fsp3) is 0.353. The number of hydrogen-bond acceptors (Lipinski definition) is 3. The first-order chi connectivity index (χ1) is 9.97. The van der Waals surface area contributed by atoms with Crippen molar-refractivity contribution in [1.82, 2.24) is 4.90 Å². The number of aryl methyl sites for hydroxylation is 2. The minimum atomic E-state index is 0.122. The van der Waals surface area contributed by atoms with Crippen LogP contribution in [0.2, 0.25) is 0 Å². The molecule has 0 saturated heterocycles. The molecule has 0 radical (unpaired) electrons. The molecule has 0 aliphatic carbocycles. The molecule has 1 heterocycles. The zero-order chi connectivity index (χ0) is 15.4. The van der Waals surface area contributed by atoms with Crippen molar-refractivity contribution in [1.29, 1.82) is 0 Å². The van der Waals surface area contributed by atoms with Gasteiger partial charge in [0.1, 0.15) is 0 Å². The van der Waals surface area contributed by atoms with Crippen molar-refractivity contribution in [3.8, 4) is 0 Å². The number of rotatable bonds is 5. The van der Waals surface area contributed by atoms with Crippen LogP contribution in [0, 0.1) is 6.92 Å². The van der Waals surface area contributed by atoms with Crippen molar-refractivity contribution < 1.29 is 4.79 Å². The van der Waals surface area contributed by atoms with E-state index in [9.17, 15) is 4.79 Å². The molecule has 2 rings (SSSR count). The van der Waals surface area contributed by atoms with Crippen LogP contribution in [0.25, 0.3) is 0 Å². The Morgan fingerprint density at radius 2 is 2.10 bits per heavy atom. The Kier molecular flexibility index (Phi) is 5.02. The average Bonchev–Trinajstić information content (AvgIpc) is 2.90. The van der Waals surface area contributed by atoms with Gasteiger partial charge in [0.15, 0.2) is 0 Å². The Morgan fingerprint density at radius 3 is 2.71 bits per heavy atom. The van der Waals surface area contributed by atoms with Crippen molar-refractivity contribution in [3.05, 3.63) is 51.7 Å². The summed E-state index contributed by atoms with van der Waals surface area (Å²) >= 11 is 1.75. The van der Waals surface area contributed by atoms with E-state index in [1.54, 1.807) is 11.3 Å². The van der Waals surface area contributed by atoms with Gasteiger partial charge in [0.05, 0.1) is 6.04 Å². The summed E-state index contributed by atoms with van der Waals surface area (Å²) in [7, 11) is 1.88. The van der Waals surface area contributed by atoms with E-state index in [1.165, 1.54) is 9.75 Å². The van der Waals surface area contributed by atoms with Crippen LogP contribution in [0.4, 0.5) is 5.69 Å². The summed E-state index contributed by atoms with van der Waals surface area (Å²) in [5.41, 5.74) is 7.61. The molecule has 0 fully saturated rings. The highest BCUT2D eigenvalue weighted by Crippen LogP contribution is 2.26. The van der Waals surface area contributed by atoms with Crippen LogP contribution in [0.15, 0.2) is 36.4 Å². The molecule has 21 heavy (non-hydrogen) atoms. The van der Waals surface area contributed by atoms with Gasteiger partial charge in [-0.3, -0.25) is 4.79 Å². The Balaban J connectivity index is 1.93. The number of nitrogens with zero attached hydrogens (tertiary/aromatic N) is 1. The minimum Gasteiger partial charge on any atom is -0.399 e. The van der Waals surface area contributed by atoms with Gasteiger partial charge in [-0.25, -0.2) is 0 Å². The summed E-state index contributed by atoms with van der Waals surface area (Å²) in [5.74, 6) is 0.163. The van der Waals surface area contributed by atoms with Crippen molar-refractivity contribution in [2.75, 3.05) is 12.8 Å². The van der Waals surface area contributed by atoms with Crippen LogP contribution < -0.4 is 5.73 Å². The molecular weight excluding hydrogens is 280 g/mol. The molecule has 0 saturated carbocycles. The van der Waals surface area contributed by atoms with Crippen LogP contribution in [0.5, 0.6) is 0 Å². The summed E-state index contributed by atoms with van der Waals surface area (Å²) in [5, 5.41) is 0. The lowest BCUT2D eigenvalue weighted by Crippen LogP contribution is -2.29. The van der Waals surface area contributed by atoms with Gasteiger partial charge in [-0.2, -0.15) is 0 Å². The number of benzene rings is 1. The SMILES string of the molecule is Cc1ccc(C(C)N(C)C(=O)CCc2cccc(N)c2)s1. The highest BCUT2D eigenvalue weighted by Gasteiger charge is 2.18. The van der Waals surface area contributed by atoms with Crippen LogP contribution in [0.3, 0.4) is 0 Å². The molecule has 1 aromatic carbocycles. The third-order valence-corrected chi connectivity index (χ3v) is 4.90. The lowest BCUT2D eigenvalue weighted by atomic mass is 10.1. The Labute approximate surface area is 130 Å². The van der Waals surface area contributed by atoms with E-state index in [2.05, 4.69) is 26.0 Å². The number of nitrogen functional groups attached to an aromatic ring is 1. The van der Waals surface area contributed by atoms with E-state index in [1.807, 2.05) is 36.2 Å². The van der Waals surface area contributed by atoms with Crippen molar-refractivity contribution in [2.45, 2.75) is 32.7 Å². The fourth-order valence-electron chi connectivity index (χ4n) is 2.26. The third-order valence-electron chi connectivity index (χ3n) is 3.73. The van der Waals surface area contributed by atoms with E-state index in [0.29, 0.717) is 6.42 Å². The molecule has 2 N–H and O–H groups in total. The normalized spacial score (nSPS) is 12.1. The number of amides is 1. The van der Waals surface area contributed by atoms with E-state index >= 15 is 0 Å². The molecule has 3 nitrogen and oxygen atoms in total. The highest BCUT2D eigenvalue weighted by molar-refractivity contribution is 7.12. The Bertz CT molecular complexity index is 621. The molecule has 0 aliphatic heterocycles. The minimum absolute atomic E-state index is 0.122. The number of anilines is 1. The standard InChI is InChI=1S/C17H22N2OS/c1-12-7-9-16(21-12)13(2)19(3)17(20)10-8-14-5-4-6-15(18)11-14/h4-7,9,11,13H,8,10,18H2,1-3H3. The smallest absolute Gasteiger partial charge is 0.223 e. The van der Waals surface area contributed by atoms with E-state index in [-0.39, 0.29) is 11.9 Å². The first-order valence-corrected chi connectivity index (χ1v) is 7.95. The first kappa shape index (κ1) is 15.6. The summed E-state index contributed by atoms with van der Waals surface area (Å²) in [6, 6.07) is 12.1. The maximum Gasteiger partial charge on any atom is 0.223 e. The molecule has 1 aromatic heterocycles. The second-order valence-corrected chi connectivity index (χ2v) is 6.69. The molecule has 0 aliphatic rings. The highest BCUT2D eigenvalue weighted by atomic mass is 32.1. The maximum atomic E-state index is 12.3. The van der Waals surface area contributed by atoms with E-state index in [4.69, 9.17) is 5.73 Å². The second kappa shape index (κ2) is 6.76. The number of hydrogen-bond donors (Lipinski definition) is 1. The lowest BCUT2D eigenvalue weighted by Gasteiger charge is -2.24. The van der Waals surface area contributed by atoms with Gasteiger partial charge in [-0.15, -0.1) is 11.3 Å². The topological polar surface area (TPSA) is 46.3 Å². The molecular formula is C17H22N2OS. The maximum absolute atomic E-state index is 12.3. The van der Waals surface area contributed by atoms with Crippen LogP contribution in [0.1, 0.15) is 34.7 Å². The number of thiophene rings is 1. The molecule has 1 atom stereocenters. The van der Waals surface area contributed by atoms with Gasteiger partial charge in [-0.05, 0) is 50.1 Å². The van der Waals surface area contributed by atoms with Crippen molar-refractivity contribution >= 4 is 22.9 Å². The van der Waals surface area contributed by atoms with E-state index < -0.39 is 0 Å². The molecule has 4 heteroatoms. The van der Waals surface area contributed by atoms with Gasteiger partial charge in [0.2, 0.25) is 5.91 Å². The van der Waals surface area contributed by atoms with Gasteiger partial charge >= 0.3 is 0 Å². The number of carbonyl (C=O) groups is 1. The Hall–Kier alpha value is -1.81. The number of carbonyl (C=O) groups excluding carboxylic acids is 1. The molecule has 112 valence electrons. The molecule has 2 aromatic rings. The summed E-state index contributed by atoms with van der Waals surface area (Å²) in [4.78, 5) is 16.7. The molecule has 1 unspecified atom stereocenters. The largest absolute Gasteiger partial charge is 0.399 e. The summed E-state index contributed by atoms with van der Waals surface area (Å²) < 4.78 is 0. The molecule has 0 spiro atoms. The quantitative estimate of drug-likeness (QED) is 0.854. The Morgan fingerprint density at radius 1 is 1.33 bits per heavy atom. The lowest BCUT2D eigenvalue weighted by molar-refractivity contribution is -0.131. The molecule has 0 bridgehead atoms. The van der Waals surface area contributed by atoms with Gasteiger partial charge in [0, 0.05) is 28.9 Å². The fourth-order valence-corrected chi connectivity index (χ4v) is 3.23. The van der Waals surface area contributed by atoms with Gasteiger partial charge in [0.25, 0.3) is 0 Å². The summed E-state index contributed by atoms with van der Waals surface area (Å²) in [6.45, 7) is 4.16. The molecule has 1 amide bonds. The van der Waals surface area contributed by atoms with Gasteiger partial charge < -0.3 is 10.6 Å². The van der Waals surface area contributed by atoms with Crippen LogP contribution >= 0.6 is 11.3 Å². The zero-order valence-electron chi connectivity index (χ0n) is 12.8. The van der Waals surface area contributed by atoms with Crippen LogP contribution in [-0.2, 0) is 11.2 Å². The predicted molar refractivity (Wildman–Crippen MR) is 89.4 cm³/mol. The van der Waals surface area contributed by atoms with Crippen molar-refractivity contribution in [2.24, 2.45) is 0 Å². The monoisotopic (exact) mass is 302 g/mol. The van der Waals surface area contributed by atoms with Crippen molar-refractivity contribution in [3.63, 3.8) is 0 Å². The van der Waals surface area contributed by atoms with E-state index in [0.717, 1.165) is 17.7 Å². The van der Waals surface area contributed by atoms with Gasteiger partial charge in [-0.1, -0.05) is 12.1 Å².